The van der Waals surface area contributed by atoms with Crippen LogP contribution in [0.1, 0.15) is 27.7 Å². The van der Waals surface area contributed by atoms with Crippen LogP contribution in [-0.2, 0) is 0 Å². The summed E-state index contributed by atoms with van der Waals surface area (Å²) in [5, 5.41) is 0. The molecule has 0 amide bonds. The van der Waals surface area contributed by atoms with E-state index in [4.69, 9.17) is 5.84 Å². The molecule has 0 rings (SSSR count). The summed E-state index contributed by atoms with van der Waals surface area (Å²) in [5.74, 6) is 4.96. The minimum Gasteiger partial charge on any atom is -0.329 e. The van der Waals surface area contributed by atoms with E-state index in [0.29, 0.717) is 0 Å². The first-order valence-electron chi connectivity index (χ1n) is 2.90. The minimum absolute atomic E-state index is 0.995. The number of hydrogen-bond acceptors (Lipinski definition) is 2. The summed E-state index contributed by atoms with van der Waals surface area (Å²) >= 11 is 0. The molecule has 0 radical (unpaired) electrons. The molecule has 0 aliphatic carbocycles. The third-order valence-corrected chi connectivity index (χ3v) is 0.661. The lowest BCUT2D eigenvalue weighted by molar-refractivity contribution is 0.883. The van der Waals surface area contributed by atoms with E-state index in [2.05, 4.69) is 5.43 Å². The van der Waals surface area contributed by atoms with E-state index in [-0.39, 0.29) is 0 Å². The zero-order valence-electron chi connectivity index (χ0n) is 6.15. The van der Waals surface area contributed by atoms with Crippen molar-refractivity contribution in [2.24, 2.45) is 5.84 Å². The molecule has 3 N–H and O–H groups in total. The Morgan fingerprint density at radius 2 is 1.88 bits per heavy atom. The molecule has 8 heavy (non-hydrogen) atoms. The first-order chi connectivity index (χ1) is 3.81. The van der Waals surface area contributed by atoms with Crippen LogP contribution in [0.15, 0.2) is 11.8 Å². The Morgan fingerprint density at radius 3 is 1.88 bits per heavy atom. The molecule has 2 heteroatoms. The van der Waals surface area contributed by atoms with Gasteiger partial charge in [0.1, 0.15) is 0 Å². The van der Waals surface area contributed by atoms with Crippen molar-refractivity contribution in [3.8, 4) is 0 Å². The summed E-state index contributed by atoms with van der Waals surface area (Å²) in [6.07, 6.45) is 1.90. The van der Waals surface area contributed by atoms with Crippen molar-refractivity contribution in [2.45, 2.75) is 27.7 Å². The van der Waals surface area contributed by atoms with Crippen LogP contribution in [-0.4, -0.2) is 0 Å². The van der Waals surface area contributed by atoms with Crippen molar-refractivity contribution < 1.29 is 0 Å². The second kappa shape index (κ2) is 9.71. The van der Waals surface area contributed by atoms with Crippen LogP contribution in [0.25, 0.3) is 0 Å². The molecule has 0 spiro atoms. The number of rotatable bonds is 1. The number of hydrogen-bond donors (Lipinski definition) is 2. The third kappa shape index (κ3) is 9.09. The zero-order chi connectivity index (χ0) is 6.99. The van der Waals surface area contributed by atoms with Crippen LogP contribution in [0.3, 0.4) is 0 Å². The predicted octanol–water partition coefficient (Wildman–Crippen LogP) is 1.40. The van der Waals surface area contributed by atoms with Crippen LogP contribution in [0, 0.1) is 0 Å². The van der Waals surface area contributed by atoms with Gasteiger partial charge in [-0.15, -0.1) is 0 Å². The molecule has 0 aliphatic heterocycles. The van der Waals surface area contributed by atoms with Gasteiger partial charge in [-0.3, -0.25) is 5.84 Å². The number of hydrazine groups is 1. The highest BCUT2D eigenvalue weighted by molar-refractivity contribution is 4.89. The van der Waals surface area contributed by atoms with Crippen molar-refractivity contribution in [2.75, 3.05) is 0 Å². The van der Waals surface area contributed by atoms with E-state index in [9.17, 15) is 0 Å². The monoisotopic (exact) mass is 116 g/mol. The van der Waals surface area contributed by atoms with Gasteiger partial charge in [-0.05, 0) is 13.8 Å². The van der Waals surface area contributed by atoms with Crippen molar-refractivity contribution in [3.05, 3.63) is 11.8 Å². The molecule has 0 aliphatic rings. The summed E-state index contributed by atoms with van der Waals surface area (Å²) in [4.78, 5) is 0. The Hall–Kier alpha value is -0.500. The van der Waals surface area contributed by atoms with Crippen LogP contribution >= 0.6 is 0 Å². The summed E-state index contributed by atoms with van der Waals surface area (Å²) in [6.45, 7) is 7.83. The maximum absolute atomic E-state index is 4.96. The highest BCUT2D eigenvalue weighted by atomic mass is 15.2. The van der Waals surface area contributed by atoms with Crippen molar-refractivity contribution >= 4 is 0 Å². The van der Waals surface area contributed by atoms with Crippen LogP contribution in [0.5, 0.6) is 0 Å². The minimum atomic E-state index is 0.995. The molecule has 2 nitrogen and oxygen atoms in total. The fraction of sp³-hybridized carbons (Fsp3) is 0.667. The van der Waals surface area contributed by atoms with Crippen molar-refractivity contribution in [1.29, 1.82) is 0 Å². The van der Waals surface area contributed by atoms with E-state index < -0.39 is 0 Å². The maximum Gasteiger partial charge on any atom is 0.0185 e. The van der Waals surface area contributed by atoms with Gasteiger partial charge in [-0.2, -0.15) is 0 Å². The van der Waals surface area contributed by atoms with Gasteiger partial charge in [-0.25, -0.2) is 0 Å². The first-order valence-corrected chi connectivity index (χ1v) is 2.90. The molecule has 0 saturated heterocycles. The first kappa shape index (κ1) is 10.5. The predicted molar refractivity (Wildman–Crippen MR) is 38.1 cm³/mol. The number of nitrogens with two attached hydrogens (primary N) is 1. The Kier molecular flexibility index (Phi) is 12.7. The van der Waals surface area contributed by atoms with Gasteiger partial charge in [-0.1, -0.05) is 19.9 Å². The molecule has 0 fully saturated rings. The summed E-state index contributed by atoms with van der Waals surface area (Å²) < 4.78 is 0. The average molecular weight is 116 g/mol. The van der Waals surface area contributed by atoms with E-state index >= 15 is 0 Å². The fourth-order valence-electron chi connectivity index (χ4n) is 0.0833. The van der Waals surface area contributed by atoms with Crippen LogP contribution in [0.4, 0.5) is 0 Å². The molecule has 0 heterocycles. The van der Waals surface area contributed by atoms with E-state index in [1.165, 1.54) is 0 Å². The van der Waals surface area contributed by atoms with Crippen LogP contribution in [0.2, 0.25) is 0 Å². The highest BCUT2D eigenvalue weighted by Gasteiger charge is 1.69. The Bertz CT molecular complexity index is 57.5. The Morgan fingerprint density at radius 1 is 1.50 bits per heavy atom. The van der Waals surface area contributed by atoms with Crippen molar-refractivity contribution in [1.82, 2.24) is 5.43 Å². The van der Waals surface area contributed by atoms with Crippen LogP contribution < -0.4 is 11.3 Å². The molecule has 50 valence electrons. The third-order valence-electron chi connectivity index (χ3n) is 0.661. The topological polar surface area (TPSA) is 38.0 Å². The molecule has 0 aromatic rings. The van der Waals surface area contributed by atoms with Gasteiger partial charge in [0, 0.05) is 5.70 Å². The zero-order valence-corrected chi connectivity index (χ0v) is 6.15. The quantitative estimate of drug-likeness (QED) is 0.401. The Balaban J connectivity index is 0. The lowest BCUT2D eigenvalue weighted by Gasteiger charge is -1.91. The molecular weight excluding hydrogens is 100 g/mol. The van der Waals surface area contributed by atoms with Gasteiger partial charge >= 0.3 is 0 Å². The normalized spacial score (nSPS) is 9.38. The van der Waals surface area contributed by atoms with Gasteiger partial charge in [0.2, 0.25) is 0 Å². The van der Waals surface area contributed by atoms with E-state index in [0.717, 1.165) is 5.70 Å². The SMILES string of the molecule is C/C=C(/C)NN.CC. The lowest BCUT2D eigenvalue weighted by Crippen LogP contribution is -2.18. The second-order valence-corrected chi connectivity index (χ2v) is 1.12. The van der Waals surface area contributed by atoms with Gasteiger partial charge in [0.15, 0.2) is 0 Å². The summed E-state index contributed by atoms with van der Waals surface area (Å²) in [5.41, 5.74) is 3.47. The van der Waals surface area contributed by atoms with Gasteiger partial charge in [0.25, 0.3) is 0 Å². The Labute approximate surface area is 51.7 Å². The second-order valence-electron chi connectivity index (χ2n) is 1.12. The lowest BCUT2D eigenvalue weighted by atomic mass is 10.5. The maximum atomic E-state index is 4.96. The summed E-state index contributed by atoms with van der Waals surface area (Å²) in [7, 11) is 0. The molecule has 0 bridgehead atoms. The van der Waals surface area contributed by atoms with Crippen molar-refractivity contribution in [3.63, 3.8) is 0 Å². The molecule has 0 saturated carbocycles. The number of allylic oxidation sites excluding steroid dienone is 2. The molecule has 0 atom stereocenters. The average Bonchev–Trinajstić information content (AvgIpc) is 1.91. The van der Waals surface area contributed by atoms with E-state index in [1.807, 2.05) is 33.8 Å². The molecule has 0 aromatic heterocycles. The molecule has 0 aromatic carbocycles. The molecular formula is C6H16N2. The summed E-state index contributed by atoms with van der Waals surface area (Å²) in [6, 6.07) is 0. The van der Waals surface area contributed by atoms with Gasteiger partial charge < -0.3 is 5.43 Å². The van der Waals surface area contributed by atoms with E-state index in [1.54, 1.807) is 0 Å². The fourth-order valence-corrected chi connectivity index (χ4v) is 0.0833. The number of nitrogens with one attached hydrogen (secondary N) is 1. The van der Waals surface area contributed by atoms with Gasteiger partial charge in [0.05, 0.1) is 0 Å². The smallest absolute Gasteiger partial charge is 0.0185 e. The molecule has 0 unspecified atom stereocenters. The largest absolute Gasteiger partial charge is 0.329 e. The standard InChI is InChI=1S/C4H10N2.C2H6/c1-3-4(2)6-5;1-2/h3,6H,5H2,1-2H3;1-2H3/b4-3-;. The highest BCUT2D eigenvalue weighted by Crippen LogP contribution is 1.76.